The van der Waals surface area contributed by atoms with E-state index in [-0.39, 0.29) is 28.9 Å². The molecule has 1 aliphatic rings. The van der Waals surface area contributed by atoms with Gasteiger partial charge in [0.1, 0.15) is 0 Å². The number of carbonyl (C=O) groups excluding carboxylic acids is 2. The van der Waals surface area contributed by atoms with Gasteiger partial charge in [-0.05, 0) is 5.56 Å². The van der Waals surface area contributed by atoms with Crippen LogP contribution in [-0.4, -0.2) is 39.4 Å². The predicted octanol–water partition coefficient (Wildman–Crippen LogP) is 1.60. The van der Waals surface area contributed by atoms with Gasteiger partial charge in [-0.15, -0.1) is 0 Å². The first-order valence-electron chi connectivity index (χ1n) is 6.24. The molecule has 1 heterocycles. The molecule has 0 saturated carbocycles. The molecule has 19 heavy (non-hydrogen) atoms. The molecule has 102 valence electrons. The van der Waals surface area contributed by atoms with Gasteiger partial charge in [0.05, 0.1) is 12.6 Å². The molecular weight excluding hydrogens is 262 g/mol. The van der Waals surface area contributed by atoms with Crippen molar-refractivity contribution in [2.24, 2.45) is 0 Å². The molecule has 0 bridgehead atoms. The average Bonchev–Trinajstić information content (AvgIpc) is 2.72. The van der Waals surface area contributed by atoms with Crippen molar-refractivity contribution < 1.29 is 14.7 Å². The maximum Gasteiger partial charge on any atom is 0.224 e. The Labute approximate surface area is 116 Å². The van der Waals surface area contributed by atoms with Crippen LogP contribution in [0.1, 0.15) is 24.9 Å². The monoisotopic (exact) mass is 279 g/mol. The maximum atomic E-state index is 12.0. The zero-order valence-corrected chi connectivity index (χ0v) is 11.6. The van der Waals surface area contributed by atoms with E-state index in [2.05, 4.69) is 0 Å². The van der Waals surface area contributed by atoms with Gasteiger partial charge in [0.15, 0.2) is 5.12 Å². The van der Waals surface area contributed by atoms with E-state index in [0.29, 0.717) is 13.0 Å². The number of aliphatic hydroxyl groups is 1. The van der Waals surface area contributed by atoms with Crippen LogP contribution in [0.15, 0.2) is 30.3 Å². The first-order valence-corrected chi connectivity index (χ1v) is 7.12. The van der Waals surface area contributed by atoms with Crippen molar-refractivity contribution in [1.29, 1.82) is 0 Å². The van der Waals surface area contributed by atoms with E-state index in [0.717, 1.165) is 5.56 Å². The molecule has 2 rings (SSSR count). The Bertz CT molecular complexity index is 463. The van der Waals surface area contributed by atoms with E-state index >= 15 is 0 Å². The maximum absolute atomic E-state index is 12.0. The van der Waals surface area contributed by atoms with Crippen molar-refractivity contribution >= 4 is 22.8 Å². The predicted molar refractivity (Wildman–Crippen MR) is 74.7 cm³/mol. The minimum Gasteiger partial charge on any atom is -0.394 e. The molecule has 2 atom stereocenters. The smallest absolute Gasteiger partial charge is 0.224 e. The van der Waals surface area contributed by atoms with E-state index in [1.165, 1.54) is 18.7 Å². The molecule has 1 saturated heterocycles. The molecule has 0 aliphatic carbocycles. The van der Waals surface area contributed by atoms with Crippen LogP contribution in [-0.2, 0) is 9.59 Å². The van der Waals surface area contributed by atoms with E-state index in [9.17, 15) is 14.7 Å². The highest BCUT2D eigenvalue weighted by atomic mass is 32.2. The number of aliphatic hydroxyl groups excluding tert-OH is 1. The summed E-state index contributed by atoms with van der Waals surface area (Å²) >= 11 is 1.21. The summed E-state index contributed by atoms with van der Waals surface area (Å²) < 4.78 is 0. The minimum atomic E-state index is -0.314. The number of rotatable bonds is 4. The fraction of sp³-hybridized carbons (Fsp3) is 0.429. The lowest BCUT2D eigenvalue weighted by Gasteiger charge is -2.26. The third kappa shape index (κ3) is 3.36. The van der Waals surface area contributed by atoms with Crippen molar-refractivity contribution in [3.8, 4) is 0 Å². The van der Waals surface area contributed by atoms with Crippen LogP contribution in [0.2, 0.25) is 0 Å². The Morgan fingerprint density at radius 1 is 1.47 bits per heavy atom. The van der Waals surface area contributed by atoms with Gasteiger partial charge >= 0.3 is 0 Å². The van der Waals surface area contributed by atoms with Crippen molar-refractivity contribution in [2.75, 3.05) is 13.2 Å². The lowest BCUT2D eigenvalue weighted by molar-refractivity contribution is -0.130. The number of hydrogen-bond donors (Lipinski definition) is 1. The SMILES string of the molecule is CC(=O)SC1CC(=O)N([C@@H](CO)c2ccccc2)C1. The molecule has 5 heteroatoms. The van der Waals surface area contributed by atoms with Crippen LogP contribution >= 0.6 is 11.8 Å². The first-order chi connectivity index (χ1) is 9.11. The quantitative estimate of drug-likeness (QED) is 0.909. The Hall–Kier alpha value is -1.33. The highest BCUT2D eigenvalue weighted by molar-refractivity contribution is 8.14. The van der Waals surface area contributed by atoms with Gasteiger partial charge in [-0.25, -0.2) is 0 Å². The topological polar surface area (TPSA) is 57.6 Å². The van der Waals surface area contributed by atoms with Gasteiger partial charge < -0.3 is 10.0 Å². The second kappa shape index (κ2) is 6.21. The second-order valence-corrected chi connectivity index (χ2v) is 6.07. The summed E-state index contributed by atoms with van der Waals surface area (Å²) in [5, 5.41) is 9.59. The zero-order chi connectivity index (χ0) is 13.8. The average molecular weight is 279 g/mol. The Morgan fingerprint density at radius 3 is 2.74 bits per heavy atom. The molecule has 1 unspecified atom stereocenters. The van der Waals surface area contributed by atoms with Gasteiger partial charge in [-0.3, -0.25) is 9.59 Å². The van der Waals surface area contributed by atoms with Crippen molar-refractivity contribution in [2.45, 2.75) is 24.6 Å². The second-order valence-electron chi connectivity index (χ2n) is 4.59. The van der Waals surface area contributed by atoms with Gasteiger partial charge in [-0.1, -0.05) is 42.1 Å². The fourth-order valence-corrected chi connectivity index (χ4v) is 3.30. The van der Waals surface area contributed by atoms with Gasteiger partial charge in [0.2, 0.25) is 5.91 Å². The molecule has 0 radical (unpaired) electrons. The lowest BCUT2D eigenvalue weighted by atomic mass is 10.1. The largest absolute Gasteiger partial charge is 0.394 e. The summed E-state index contributed by atoms with van der Waals surface area (Å²) in [7, 11) is 0. The van der Waals surface area contributed by atoms with E-state index in [1.54, 1.807) is 4.90 Å². The molecule has 0 spiro atoms. The molecule has 1 amide bonds. The molecule has 1 aromatic carbocycles. The number of carbonyl (C=O) groups is 2. The van der Waals surface area contributed by atoms with Crippen molar-refractivity contribution in [3.63, 3.8) is 0 Å². The van der Waals surface area contributed by atoms with Crippen LogP contribution in [0.4, 0.5) is 0 Å². The van der Waals surface area contributed by atoms with Gasteiger partial charge in [0, 0.05) is 25.1 Å². The van der Waals surface area contributed by atoms with E-state index in [1.807, 2.05) is 30.3 Å². The molecular formula is C14H17NO3S. The number of likely N-dealkylation sites (tertiary alicyclic amines) is 1. The lowest BCUT2D eigenvalue weighted by Crippen LogP contribution is -2.32. The molecule has 1 aromatic rings. The number of thioether (sulfide) groups is 1. The van der Waals surface area contributed by atoms with Crippen LogP contribution in [0, 0.1) is 0 Å². The van der Waals surface area contributed by atoms with Crippen LogP contribution in [0.5, 0.6) is 0 Å². The minimum absolute atomic E-state index is 0.00153. The molecule has 1 N–H and O–H groups in total. The summed E-state index contributed by atoms with van der Waals surface area (Å²) in [6.07, 6.45) is 0.369. The molecule has 0 aromatic heterocycles. The highest BCUT2D eigenvalue weighted by Crippen LogP contribution is 2.31. The molecule has 1 aliphatic heterocycles. The Morgan fingerprint density at radius 2 is 2.16 bits per heavy atom. The van der Waals surface area contributed by atoms with Gasteiger partial charge in [0.25, 0.3) is 0 Å². The first kappa shape index (κ1) is 14.1. The van der Waals surface area contributed by atoms with Crippen LogP contribution in [0.3, 0.4) is 0 Å². The standard InChI is InChI=1S/C14H17NO3S/c1-10(17)19-12-7-14(18)15(8-12)13(9-16)11-5-3-2-4-6-11/h2-6,12-13,16H,7-9H2,1H3/t12?,13-/m0/s1. The van der Waals surface area contributed by atoms with Crippen molar-refractivity contribution in [1.82, 2.24) is 4.90 Å². The van der Waals surface area contributed by atoms with Crippen LogP contribution < -0.4 is 0 Å². The summed E-state index contributed by atoms with van der Waals surface area (Å²) in [5.41, 5.74) is 0.923. The third-order valence-corrected chi connectivity index (χ3v) is 4.17. The summed E-state index contributed by atoms with van der Waals surface area (Å²) in [6, 6.07) is 9.17. The summed E-state index contributed by atoms with van der Waals surface area (Å²) in [4.78, 5) is 24.8. The molecule has 1 fully saturated rings. The third-order valence-electron chi connectivity index (χ3n) is 3.19. The normalized spacial score (nSPS) is 20.6. The number of hydrogen-bond acceptors (Lipinski definition) is 4. The van der Waals surface area contributed by atoms with E-state index < -0.39 is 0 Å². The summed E-state index contributed by atoms with van der Waals surface area (Å²) in [6.45, 7) is 1.93. The van der Waals surface area contributed by atoms with Gasteiger partial charge in [-0.2, -0.15) is 0 Å². The fourth-order valence-electron chi connectivity index (χ4n) is 2.37. The van der Waals surface area contributed by atoms with Crippen LogP contribution in [0.25, 0.3) is 0 Å². The zero-order valence-electron chi connectivity index (χ0n) is 10.8. The van der Waals surface area contributed by atoms with Crippen molar-refractivity contribution in [3.05, 3.63) is 35.9 Å². The van der Waals surface area contributed by atoms with E-state index in [4.69, 9.17) is 0 Å². The number of nitrogens with zero attached hydrogens (tertiary/aromatic N) is 1. The molecule has 4 nitrogen and oxygen atoms in total. The number of amides is 1. The Kier molecular flexibility index (Phi) is 4.61. The Balaban J connectivity index is 2.12. The summed E-state index contributed by atoms with van der Waals surface area (Å²) in [5.74, 6) is 0.00153. The highest BCUT2D eigenvalue weighted by Gasteiger charge is 2.35. The number of benzene rings is 1.